The van der Waals surface area contributed by atoms with Crippen LogP contribution in [-0.4, -0.2) is 47.4 Å². The molecule has 1 unspecified atom stereocenters. The summed E-state index contributed by atoms with van der Waals surface area (Å²) in [6.45, 7) is 9.98. The van der Waals surface area contributed by atoms with E-state index in [4.69, 9.17) is 5.73 Å². The Kier molecular flexibility index (Phi) is 6.60. The van der Waals surface area contributed by atoms with Gasteiger partial charge in [-0.2, -0.15) is 0 Å². The molecule has 1 aliphatic rings. The number of piperidine rings is 1. The van der Waals surface area contributed by atoms with Crippen LogP contribution >= 0.6 is 0 Å². The Morgan fingerprint density at radius 1 is 1.30 bits per heavy atom. The van der Waals surface area contributed by atoms with Gasteiger partial charge in [-0.25, -0.2) is 0 Å². The lowest BCUT2D eigenvalue weighted by molar-refractivity contribution is -0.134. The fourth-order valence-corrected chi connectivity index (χ4v) is 3.31. The van der Waals surface area contributed by atoms with Gasteiger partial charge in [0.2, 0.25) is 5.91 Å². The average molecular weight is 317 g/mol. The molecule has 23 heavy (non-hydrogen) atoms. The molecule has 128 valence electrons. The second kappa shape index (κ2) is 8.46. The summed E-state index contributed by atoms with van der Waals surface area (Å²) < 4.78 is 0. The van der Waals surface area contributed by atoms with Crippen LogP contribution in [-0.2, 0) is 11.3 Å². The Morgan fingerprint density at radius 2 is 2.00 bits per heavy atom. The molecule has 1 aromatic carbocycles. The Balaban J connectivity index is 1.95. The number of amides is 1. The summed E-state index contributed by atoms with van der Waals surface area (Å²) in [4.78, 5) is 16.6. The molecule has 2 rings (SSSR count). The standard InChI is InChI=1S/C19H31N3O/c1-15(2)22(12-17-8-5-4-6-9-17)14-18-10-7-11-21(13-18)19(23)16(3)20/h4-6,8-9,15-16,18H,7,10-14,20H2,1-3H3/t16-,18?/m0/s1. The molecule has 0 aliphatic carbocycles. The highest BCUT2D eigenvalue weighted by molar-refractivity contribution is 5.81. The Bertz CT molecular complexity index is 487. The highest BCUT2D eigenvalue weighted by Crippen LogP contribution is 2.20. The van der Waals surface area contributed by atoms with Gasteiger partial charge < -0.3 is 10.6 Å². The predicted molar refractivity (Wildman–Crippen MR) is 94.9 cm³/mol. The Hall–Kier alpha value is -1.39. The van der Waals surface area contributed by atoms with Crippen molar-refractivity contribution in [3.63, 3.8) is 0 Å². The number of nitrogens with two attached hydrogens (primary N) is 1. The first-order valence-electron chi connectivity index (χ1n) is 8.79. The Labute approximate surface area is 140 Å². The van der Waals surface area contributed by atoms with Crippen molar-refractivity contribution in [1.29, 1.82) is 0 Å². The van der Waals surface area contributed by atoms with Crippen molar-refractivity contribution in [1.82, 2.24) is 9.80 Å². The van der Waals surface area contributed by atoms with Gasteiger partial charge in [0.25, 0.3) is 0 Å². The summed E-state index contributed by atoms with van der Waals surface area (Å²) in [5.74, 6) is 0.631. The third kappa shape index (κ3) is 5.33. The number of benzene rings is 1. The van der Waals surface area contributed by atoms with Crippen LogP contribution in [0.25, 0.3) is 0 Å². The SMILES string of the molecule is CC(C)N(Cc1ccccc1)CC1CCCN(C(=O)[C@H](C)N)C1. The van der Waals surface area contributed by atoms with Gasteiger partial charge in [0.05, 0.1) is 6.04 Å². The third-order valence-electron chi connectivity index (χ3n) is 4.67. The molecule has 1 fully saturated rings. The van der Waals surface area contributed by atoms with Gasteiger partial charge in [-0.1, -0.05) is 30.3 Å². The lowest BCUT2D eigenvalue weighted by Gasteiger charge is -2.37. The smallest absolute Gasteiger partial charge is 0.239 e. The number of rotatable bonds is 6. The van der Waals surface area contributed by atoms with Gasteiger partial charge in [0.15, 0.2) is 0 Å². The normalized spacial score (nSPS) is 20.1. The molecular formula is C19H31N3O. The molecule has 1 heterocycles. The fraction of sp³-hybridized carbons (Fsp3) is 0.632. The molecule has 1 saturated heterocycles. The van der Waals surface area contributed by atoms with Gasteiger partial charge in [-0.05, 0) is 45.1 Å². The monoisotopic (exact) mass is 317 g/mol. The van der Waals surface area contributed by atoms with E-state index in [9.17, 15) is 4.79 Å². The van der Waals surface area contributed by atoms with Gasteiger partial charge >= 0.3 is 0 Å². The molecule has 0 bridgehead atoms. The molecule has 2 N–H and O–H groups in total. The first-order chi connectivity index (χ1) is 11.0. The highest BCUT2D eigenvalue weighted by Gasteiger charge is 2.27. The van der Waals surface area contributed by atoms with Gasteiger partial charge in [0, 0.05) is 32.2 Å². The molecule has 1 aliphatic heterocycles. The summed E-state index contributed by atoms with van der Waals surface area (Å²) in [6, 6.07) is 10.7. The number of carbonyl (C=O) groups excluding carboxylic acids is 1. The zero-order valence-corrected chi connectivity index (χ0v) is 14.7. The zero-order valence-electron chi connectivity index (χ0n) is 14.7. The van der Waals surface area contributed by atoms with Gasteiger partial charge in [-0.15, -0.1) is 0 Å². The van der Waals surface area contributed by atoms with E-state index in [1.165, 1.54) is 12.0 Å². The van der Waals surface area contributed by atoms with Crippen molar-refractivity contribution in [2.24, 2.45) is 11.7 Å². The second-order valence-electron chi connectivity index (χ2n) is 7.09. The molecule has 2 atom stereocenters. The van der Waals surface area contributed by atoms with Crippen LogP contribution in [0.2, 0.25) is 0 Å². The van der Waals surface area contributed by atoms with Crippen molar-refractivity contribution in [3.05, 3.63) is 35.9 Å². The molecule has 1 amide bonds. The minimum Gasteiger partial charge on any atom is -0.341 e. The van der Waals surface area contributed by atoms with Crippen molar-refractivity contribution in [3.8, 4) is 0 Å². The highest BCUT2D eigenvalue weighted by atomic mass is 16.2. The van der Waals surface area contributed by atoms with Gasteiger partial charge in [-0.3, -0.25) is 9.69 Å². The minimum absolute atomic E-state index is 0.0915. The molecule has 4 nitrogen and oxygen atoms in total. The van der Waals surface area contributed by atoms with Crippen molar-refractivity contribution >= 4 is 5.91 Å². The third-order valence-corrected chi connectivity index (χ3v) is 4.67. The summed E-state index contributed by atoms with van der Waals surface area (Å²) in [7, 11) is 0. The lowest BCUT2D eigenvalue weighted by Crippen LogP contribution is -2.49. The fourth-order valence-electron chi connectivity index (χ4n) is 3.31. The first kappa shape index (κ1) is 18.0. The van der Waals surface area contributed by atoms with Crippen LogP contribution in [0.1, 0.15) is 39.2 Å². The number of hydrogen-bond acceptors (Lipinski definition) is 3. The summed E-state index contributed by atoms with van der Waals surface area (Å²) in [5, 5.41) is 0. The topological polar surface area (TPSA) is 49.6 Å². The largest absolute Gasteiger partial charge is 0.341 e. The second-order valence-corrected chi connectivity index (χ2v) is 7.09. The van der Waals surface area contributed by atoms with Crippen molar-refractivity contribution in [2.45, 2.75) is 52.2 Å². The van der Waals surface area contributed by atoms with Crippen LogP contribution in [0.3, 0.4) is 0 Å². The summed E-state index contributed by atoms with van der Waals surface area (Å²) >= 11 is 0. The van der Waals surface area contributed by atoms with Crippen LogP contribution in [0.5, 0.6) is 0 Å². The first-order valence-corrected chi connectivity index (χ1v) is 8.79. The van der Waals surface area contributed by atoms with E-state index in [0.29, 0.717) is 12.0 Å². The maximum atomic E-state index is 12.1. The van der Waals surface area contributed by atoms with E-state index < -0.39 is 0 Å². The number of carbonyl (C=O) groups is 1. The van der Waals surface area contributed by atoms with Crippen molar-refractivity contribution in [2.75, 3.05) is 19.6 Å². The minimum atomic E-state index is -0.390. The number of nitrogens with zero attached hydrogens (tertiary/aromatic N) is 2. The van der Waals surface area contributed by atoms with Crippen LogP contribution in [0.4, 0.5) is 0 Å². The van der Waals surface area contributed by atoms with E-state index >= 15 is 0 Å². The van der Waals surface area contributed by atoms with Crippen LogP contribution in [0, 0.1) is 5.92 Å². The lowest BCUT2D eigenvalue weighted by atomic mass is 9.96. The quantitative estimate of drug-likeness (QED) is 0.877. The molecule has 1 aromatic rings. The van der Waals surface area contributed by atoms with E-state index in [0.717, 1.165) is 32.6 Å². The average Bonchev–Trinajstić information content (AvgIpc) is 2.54. The summed E-state index contributed by atoms with van der Waals surface area (Å²) in [5.41, 5.74) is 7.11. The maximum absolute atomic E-state index is 12.1. The molecule has 0 saturated carbocycles. The molecule has 0 radical (unpaired) electrons. The molecule has 0 spiro atoms. The molecular weight excluding hydrogens is 286 g/mol. The van der Waals surface area contributed by atoms with E-state index in [1.807, 2.05) is 4.90 Å². The summed E-state index contributed by atoms with van der Waals surface area (Å²) in [6.07, 6.45) is 2.28. The number of hydrogen-bond donors (Lipinski definition) is 1. The Morgan fingerprint density at radius 3 is 2.61 bits per heavy atom. The van der Waals surface area contributed by atoms with Crippen LogP contribution in [0.15, 0.2) is 30.3 Å². The zero-order chi connectivity index (χ0) is 16.8. The van der Waals surface area contributed by atoms with Gasteiger partial charge in [0.1, 0.15) is 0 Å². The predicted octanol–water partition coefficient (Wildman–Crippen LogP) is 2.48. The van der Waals surface area contributed by atoms with E-state index in [2.05, 4.69) is 49.1 Å². The molecule has 4 heteroatoms. The van der Waals surface area contributed by atoms with Crippen LogP contribution < -0.4 is 5.73 Å². The maximum Gasteiger partial charge on any atom is 0.239 e. The number of likely N-dealkylation sites (tertiary alicyclic amines) is 1. The van der Waals surface area contributed by atoms with Crippen molar-refractivity contribution < 1.29 is 4.79 Å². The molecule has 0 aromatic heterocycles. The van der Waals surface area contributed by atoms with E-state index in [-0.39, 0.29) is 11.9 Å². The van der Waals surface area contributed by atoms with E-state index in [1.54, 1.807) is 6.92 Å².